The first-order valence-corrected chi connectivity index (χ1v) is 12.6. The molecule has 2 amide bonds. The fraction of sp³-hybridized carbons (Fsp3) is 0.308. The Hall–Kier alpha value is -4.05. The van der Waals surface area contributed by atoms with Crippen LogP contribution in [0.25, 0.3) is 16.9 Å². The molecule has 10 nitrogen and oxygen atoms in total. The molecule has 6 rings (SSSR count). The van der Waals surface area contributed by atoms with Crippen LogP contribution < -0.4 is 9.80 Å². The van der Waals surface area contributed by atoms with Gasteiger partial charge < -0.3 is 14.7 Å². The van der Waals surface area contributed by atoms with Gasteiger partial charge in [-0.05, 0) is 43.3 Å². The Balaban J connectivity index is 1.13. The van der Waals surface area contributed by atoms with Gasteiger partial charge in [0, 0.05) is 49.9 Å². The molecule has 0 N–H and O–H groups in total. The summed E-state index contributed by atoms with van der Waals surface area (Å²) in [4.78, 5) is 40.5. The van der Waals surface area contributed by atoms with Gasteiger partial charge in [0.1, 0.15) is 6.33 Å². The number of benzene rings is 2. The highest BCUT2D eigenvalue weighted by Crippen LogP contribution is 2.28. The number of amides is 2. The lowest BCUT2D eigenvalue weighted by Gasteiger charge is -2.36. The molecule has 188 valence electrons. The molecule has 2 aromatic carbocycles. The Morgan fingerprint density at radius 2 is 1.65 bits per heavy atom. The number of anilines is 2. The predicted octanol–water partition coefficient (Wildman–Crippen LogP) is 2.87. The highest BCUT2D eigenvalue weighted by atomic mass is 35.5. The zero-order valence-corrected chi connectivity index (χ0v) is 21.0. The third-order valence-corrected chi connectivity index (χ3v) is 7.25. The molecule has 0 saturated carbocycles. The number of aryl methyl sites for hydroxylation is 1. The van der Waals surface area contributed by atoms with Gasteiger partial charge in [-0.2, -0.15) is 4.68 Å². The molecular weight excluding hydrogens is 492 g/mol. The maximum absolute atomic E-state index is 13.3. The first-order chi connectivity index (χ1) is 18.0. The summed E-state index contributed by atoms with van der Waals surface area (Å²) < 4.78 is 1.66. The van der Waals surface area contributed by atoms with Gasteiger partial charge in [-0.1, -0.05) is 34.5 Å². The molecule has 0 bridgehead atoms. The highest BCUT2D eigenvalue weighted by Gasteiger charge is 2.38. The number of nitrogens with zero attached hydrogens (tertiary/aromatic N) is 8. The second-order valence-corrected chi connectivity index (χ2v) is 9.84. The summed E-state index contributed by atoms with van der Waals surface area (Å²) in [5.41, 5.74) is 3.99. The summed E-state index contributed by atoms with van der Waals surface area (Å²) in [6.07, 6.45) is 1.75. The number of fused-ring (bicyclic) bond motifs is 1. The van der Waals surface area contributed by atoms with Crippen LogP contribution in [-0.4, -0.2) is 74.4 Å². The van der Waals surface area contributed by atoms with Gasteiger partial charge in [-0.25, -0.2) is 9.97 Å². The van der Waals surface area contributed by atoms with Crippen molar-refractivity contribution in [2.45, 2.75) is 13.3 Å². The minimum Gasteiger partial charge on any atom is -0.351 e. The van der Waals surface area contributed by atoms with E-state index in [2.05, 4.69) is 25.2 Å². The van der Waals surface area contributed by atoms with Crippen molar-refractivity contribution in [3.8, 4) is 5.69 Å². The Morgan fingerprint density at radius 1 is 0.946 bits per heavy atom. The van der Waals surface area contributed by atoms with Crippen molar-refractivity contribution in [2.75, 3.05) is 42.5 Å². The Labute approximate surface area is 218 Å². The summed E-state index contributed by atoms with van der Waals surface area (Å²) in [7, 11) is 0. The monoisotopic (exact) mass is 516 g/mol. The average molecular weight is 517 g/mol. The number of carbonyl (C=O) groups excluding carboxylic acids is 2. The van der Waals surface area contributed by atoms with Gasteiger partial charge in [0.15, 0.2) is 17.0 Å². The first kappa shape index (κ1) is 23.4. The molecule has 4 heterocycles. The molecule has 2 aliphatic rings. The SMILES string of the molecule is Cc1ccc(N2CC(C(=O)N3CCN(c4ncnc5c4nnn5-c4ccc(Cl)cc4)CC3)CC2=O)cc1. The van der Waals surface area contributed by atoms with Gasteiger partial charge in [-0.3, -0.25) is 9.59 Å². The number of hydrogen-bond acceptors (Lipinski definition) is 7. The summed E-state index contributed by atoms with van der Waals surface area (Å²) in [5, 5.41) is 9.27. The van der Waals surface area contributed by atoms with Gasteiger partial charge in [0.05, 0.1) is 11.6 Å². The molecule has 37 heavy (non-hydrogen) atoms. The molecule has 0 aliphatic carbocycles. The van der Waals surface area contributed by atoms with Gasteiger partial charge in [0.25, 0.3) is 0 Å². The molecule has 11 heteroatoms. The van der Waals surface area contributed by atoms with E-state index in [1.807, 2.05) is 48.2 Å². The third kappa shape index (κ3) is 4.37. The van der Waals surface area contributed by atoms with E-state index in [1.165, 1.54) is 6.33 Å². The standard InChI is InChI=1S/C26H25ClN8O2/c1-17-2-6-20(7-3-17)34-15-18(14-22(34)36)26(37)33-12-10-32(11-13-33)24-23-25(29-16-28-24)35(31-30-23)21-8-4-19(27)5-9-21/h2-9,16,18H,10-15H2,1H3. The molecule has 2 aromatic heterocycles. The molecule has 2 aliphatic heterocycles. The lowest BCUT2D eigenvalue weighted by atomic mass is 10.1. The number of aromatic nitrogens is 5. The Bertz CT molecular complexity index is 1460. The zero-order chi connectivity index (χ0) is 25.5. The van der Waals surface area contributed by atoms with Crippen molar-refractivity contribution >= 4 is 46.1 Å². The van der Waals surface area contributed by atoms with Crippen LogP contribution in [0.5, 0.6) is 0 Å². The van der Waals surface area contributed by atoms with Crippen molar-refractivity contribution in [2.24, 2.45) is 5.92 Å². The molecule has 0 radical (unpaired) electrons. The van der Waals surface area contributed by atoms with Crippen LogP contribution in [0, 0.1) is 12.8 Å². The first-order valence-electron chi connectivity index (χ1n) is 12.2. The number of carbonyl (C=O) groups is 2. The lowest BCUT2D eigenvalue weighted by molar-refractivity contribution is -0.136. The number of halogens is 1. The Morgan fingerprint density at radius 3 is 2.38 bits per heavy atom. The largest absolute Gasteiger partial charge is 0.351 e. The average Bonchev–Trinajstić information content (AvgIpc) is 3.53. The fourth-order valence-electron chi connectivity index (χ4n) is 4.97. The van der Waals surface area contributed by atoms with Crippen LogP contribution in [0.1, 0.15) is 12.0 Å². The normalized spacial score (nSPS) is 18.2. The fourth-order valence-corrected chi connectivity index (χ4v) is 5.09. The molecular formula is C26H25ClN8O2. The van der Waals surface area contributed by atoms with E-state index in [4.69, 9.17) is 11.6 Å². The molecule has 4 aromatic rings. The van der Waals surface area contributed by atoms with Crippen molar-refractivity contribution in [3.05, 3.63) is 65.4 Å². The van der Waals surface area contributed by atoms with Crippen LogP contribution >= 0.6 is 11.6 Å². The van der Waals surface area contributed by atoms with Crippen LogP contribution in [0.4, 0.5) is 11.5 Å². The summed E-state index contributed by atoms with van der Waals surface area (Å²) in [5.74, 6) is 0.390. The van der Waals surface area contributed by atoms with E-state index < -0.39 is 0 Å². The molecule has 0 spiro atoms. The Kier molecular flexibility index (Phi) is 5.96. The van der Waals surface area contributed by atoms with E-state index in [0.29, 0.717) is 54.7 Å². The molecule has 2 fully saturated rings. The number of hydrogen-bond donors (Lipinski definition) is 0. The highest BCUT2D eigenvalue weighted by molar-refractivity contribution is 6.30. The van der Waals surface area contributed by atoms with Crippen LogP contribution in [-0.2, 0) is 9.59 Å². The van der Waals surface area contributed by atoms with E-state index in [-0.39, 0.29) is 24.2 Å². The topological polar surface area (TPSA) is 100 Å². The van der Waals surface area contributed by atoms with Crippen molar-refractivity contribution < 1.29 is 9.59 Å². The van der Waals surface area contributed by atoms with E-state index in [1.54, 1.807) is 21.7 Å². The van der Waals surface area contributed by atoms with E-state index >= 15 is 0 Å². The van der Waals surface area contributed by atoms with Gasteiger partial charge >= 0.3 is 0 Å². The van der Waals surface area contributed by atoms with E-state index in [0.717, 1.165) is 16.9 Å². The molecule has 1 unspecified atom stereocenters. The minimum atomic E-state index is -0.328. The van der Waals surface area contributed by atoms with Crippen LogP contribution in [0.2, 0.25) is 5.02 Å². The van der Waals surface area contributed by atoms with E-state index in [9.17, 15) is 9.59 Å². The van der Waals surface area contributed by atoms with Crippen LogP contribution in [0.3, 0.4) is 0 Å². The maximum Gasteiger partial charge on any atom is 0.228 e. The predicted molar refractivity (Wildman–Crippen MR) is 140 cm³/mol. The number of piperazine rings is 1. The van der Waals surface area contributed by atoms with Crippen molar-refractivity contribution in [1.82, 2.24) is 29.9 Å². The molecule has 2 saturated heterocycles. The molecule has 1 atom stereocenters. The van der Waals surface area contributed by atoms with Crippen LogP contribution in [0.15, 0.2) is 54.9 Å². The lowest BCUT2D eigenvalue weighted by Crippen LogP contribution is -2.51. The van der Waals surface area contributed by atoms with Crippen molar-refractivity contribution in [1.29, 1.82) is 0 Å². The zero-order valence-electron chi connectivity index (χ0n) is 20.3. The van der Waals surface area contributed by atoms with Crippen molar-refractivity contribution in [3.63, 3.8) is 0 Å². The summed E-state index contributed by atoms with van der Waals surface area (Å²) in [6, 6.07) is 15.1. The second-order valence-electron chi connectivity index (χ2n) is 9.40. The smallest absolute Gasteiger partial charge is 0.228 e. The number of rotatable bonds is 4. The quantitative estimate of drug-likeness (QED) is 0.411. The van der Waals surface area contributed by atoms with Gasteiger partial charge in [0.2, 0.25) is 11.8 Å². The summed E-state index contributed by atoms with van der Waals surface area (Å²) >= 11 is 6.02. The maximum atomic E-state index is 13.3. The minimum absolute atomic E-state index is 0.00649. The van der Waals surface area contributed by atoms with Gasteiger partial charge in [-0.15, -0.1) is 5.10 Å². The third-order valence-electron chi connectivity index (χ3n) is 7.00. The second kappa shape index (κ2) is 9.44. The summed E-state index contributed by atoms with van der Waals surface area (Å²) in [6.45, 7) is 4.73.